The number of amides is 2. The average molecular weight is 481 g/mol. The van der Waals surface area contributed by atoms with E-state index in [2.05, 4.69) is 38.7 Å². The molecule has 3 aromatic carbocycles. The van der Waals surface area contributed by atoms with Gasteiger partial charge in [-0.1, -0.05) is 43.3 Å². The van der Waals surface area contributed by atoms with Gasteiger partial charge in [0.2, 0.25) is 5.91 Å². The third-order valence-corrected chi connectivity index (χ3v) is 5.19. The molecular weight excluding hydrogens is 456 g/mol. The second-order valence-electron chi connectivity index (χ2n) is 7.06. The minimum Gasteiger partial charge on any atom is -0.492 e. The van der Waals surface area contributed by atoms with Crippen LogP contribution in [-0.2, 0) is 11.2 Å². The van der Waals surface area contributed by atoms with Gasteiger partial charge < -0.3 is 15.4 Å². The molecule has 0 saturated heterocycles. The second kappa shape index (κ2) is 11.3. The normalized spacial score (nSPS) is 10.4. The highest BCUT2D eigenvalue weighted by Gasteiger charge is 2.11. The summed E-state index contributed by atoms with van der Waals surface area (Å²) < 4.78 is 6.56. The summed E-state index contributed by atoms with van der Waals surface area (Å²) in [5.74, 6) is 0.402. The fourth-order valence-electron chi connectivity index (χ4n) is 3.01. The number of carbonyl (C=O) groups is 2. The van der Waals surface area contributed by atoms with Gasteiger partial charge in [0.15, 0.2) is 0 Å². The van der Waals surface area contributed by atoms with Crippen LogP contribution in [0.4, 0.5) is 11.4 Å². The Kier molecular flexibility index (Phi) is 8.24. The van der Waals surface area contributed by atoms with Crippen LogP contribution in [0.2, 0.25) is 0 Å². The van der Waals surface area contributed by atoms with E-state index in [0.717, 1.165) is 12.8 Å². The molecule has 3 aromatic rings. The fourth-order valence-corrected chi connectivity index (χ4v) is 3.50. The lowest BCUT2D eigenvalue weighted by atomic mass is 10.1. The molecule has 5 nitrogen and oxygen atoms in total. The van der Waals surface area contributed by atoms with Crippen LogP contribution in [-0.4, -0.2) is 18.4 Å². The molecule has 0 bridgehead atoms. The van der Waals surface area contributed by atoms with Crippen LogP contribution in [0.25, 0.3) is 0 Å². The number of rotatable bonds is 9. The maximum absolute atomic E-state index is 12.7. The zero-order valence-corrected chi connectivity index (χ0v) is 18.9. The third-order valence-electron chi connectivity index (χ3n) is 4.57. The van der Waals surface area contributed by atoms with E-state index in [9.17, 15) is 9.59 Å². The molecule has 0 heterocycles. The van der Waals surface area contributed by atoms with Crippen molar-refractivity contribution in [3.8, 4) is 5.75 Å². The van der Waals surface area contributed by atoms with Gasteiger partial charge in [-0.2, -0.15) is 0 Å². The Morgan fingerprint density at radius 2 is 1.65 bits per heavy atom. The third kappa shape index (κ3) is 6.96. The molecule has 0 aliphatic rings. The number of anilines is 2. The first kappa shape index (κ1) is 22.6. The molecule has 0 saturated carbocycles. The number of hydrogen-bond acceptors (Lipinski definition) is 3. The van der Waals surface area contributed by atoms with E-state index in [0.29, 0.717) is 40.2 Å². The van der Waals surface area contributed by atoms with Crippen molar-refractivity contribution >= 4 is 39.1 Å². The van der Waals surface area contributed by atoms with E-state index in [-0.39, 0.29) is 11.8 Å². The highest BCUT2D eigenvalue weighted by molar-refractivity contribution is 9.10. The number of ether oxygens (including phenoxy) is 1. The molecule has 2 amide bonds. The zero-order valence-electron chi connectivity index (χ0n) is 17.4. The summed E-state index contributed by atoms with van der Waals surface area (Å²) in [5, 5.41) is 5.69. The average Bonchev–Trinajstić information content (AvgIpc) is 2.76. The summed E-state index contributed by atoms with van der Waals surface area (Å²) in [6.45, 7) is 2.50. The van der Waals surface area contributed by atoms with Gasteiger partial charge in [-0.25, -0.2) is 0 Å². The minimum atomic E-state index is -0.242. The van der Waals surface area contributed by atoms with E-state index in [1.54, 1.807) is 42.5 Å². The Morgan fingerprint density at radius 3 is 2.35 bits per heavy atom. The van der Waals surface area contributed by atoms with E-state index in [1.165, 1.54) is 5.56 Å². The first-order valence-electron chi connectivity index (χ1n) is 10.2. The molecule has 6 heteroatoms. The molecule has 0 spiro atoms. The lowest BCUT2D eigenvalue weighted by Crippen LogP contribution is -2.13. The van der Waals surface area contributed by atoms with Crippen molar-refractivity contribution in [2.24, 2.45) is 0 Å². The number of nitrogens with one attached hydrogen (secondary N) is 2. The Bertz CT molecular complexity index is 1040. The summed E-state index contributed by atoms with van der Waals surface area (Å²) in [5.41, 5.74) is 2.98. The molecule has 31 heavy (non-hydrogen) atoms. The molecule has 0 aliphatic carbocycles. The molecule has 0 atom stereocenters. The van der Waals surface area contributed by atoms with Crippen molar-refractivity contribution in [2.75, 3.05) is 17.2 Å². The van der Waals surface area contributed by atoms with Gasteiger partial charge in [0.25, 0.3) is 5.91 Å². The Labute approximate surface area is 191 Å². The van der Waals surface area contributed by atoms with Crippen LogP contribution < -0.4 is 15.4 Å². The highest BCUT2D eigenvalue weighted by Crippen LogP contribution is 2.27. The summed E-state index contributed by atoms with van der Waals surface area (Å²) in [6.07, 6.45) is 2.05. The molecule has 0 radical (unpaired) electrons. The largest absolute Gasteiger partial charge is 0.492 e. The molecule has 3 rings (SSSR count). The Balaban J connectivity index is 1.58. The van der Waals surface area contributed by atoms with Gasteiger partial charge in [0.05, 0.1) is 11.1 Å². The SMILES string of the molecule is CCCC(=O)Nc1cccc(NC(=O)c2ccc(OCCc3ccccc3)c(Br)c2)c1. The number of hydrogen-bond donors (Lipinski definition) is 2. The first-order chi connectivity index (χ1) is 15.0. The van der Waals surface area contributed by atoms with Crippen LogP contribution in [0.3, 0.4) is 0 Å². The number of benzene rings is 3. The van der Waals surface area contributed by atoms with Crippen molar-refractivity contribution in [1.29, 1.82) is 0 Å². The van der Waals surface area contributed by atoms with E-state index < -0.39 is 0 Å². The molecule has 0 aromatic heterocycles. The summed E-state index contributed by atoms with van der Waals surface area (Å²) >= 11 is 3.49. The molecule has 2 N–H and O–H groups in total. The molecule has 0 unspecified atom stereocenters. The van der Waals surface area contributed by atoms with Gasteiger partial charge >= 0.3 is 0 Å². The fraction of sp³-hybridized carbons (Fsp3) is 0.200. The van der Waals surface area contributed by atoms with Gasteiger partial charge in [0.1, 0.15) is 5.75 Å². The molecule has 160 valence electrons. The number of carbonyl (C=O) groups excluding carboxylic acids is 2. The van der Waals surface area contributed by atoms with E-state index in [4.69, 9.17) is 4.74 Å². The predicted octanol–water partition coefficient (Wildman–Crippen LogP) is 6.06. The zero-order chi connectivity index (χ0) is 22.1. The lowest BCUT2D eigenvalue weighted by Gasteiger charge is -2.11. The predicted molar refractivity (Wildman–Crippen MR) is 128 cm³/mol. The Hall–Kier alpha value is -3.12. The first-order valence-corrected chi connectivity index (χ1v) is 11.0. The highest BCUT2D eigenvalue weighted by atomic mass is 79.9. The van der Waals surface area contributed by atoms with Gasteiger partial charge in [-0.15, -0.1) is 0 Å². The van der Waals surface area contributed by atoms with E-state index >= 15 is 0 Å². The van der Waals surface area contributed by atoms with Crippen molar-refractivity contribution < 1.29 is 14.3 Å². The van der Waals surface area contributed by atoms with Crippen LogP contribution in [0.1, 0.15) is 35.7 Å². The smallest absolute Gasteiger partial charge is 0.255 e. The maximum atomic E-state index is 12.7. The molecule has 0 aliphatic heterocycles. The van der Waals surface area contributed by atoms with Crippen molar-refractivity contribution in [2.45, 2.75) is 26.2 Å². The summed E-state index contributed by atoms with van der Waals surface area (Å²) in [4.78, 5) is 24.4. The van der Waals surface area contributed by atoms with Crippen LogP contribution in [0.5, 0.6) is 5.75 Å². The van der Waals surface area contributed by atoms with Gasteiger partial charge in [-0.3, -0.25) is 9.59 Å². The van der Waals surface area contributed by atoms with Crippen LogP contribution in [0.15, 0.2) is 77.3 Å². The van der Waals surface area contributed by atoms with Crippen LogP contribution in [0, 0.1) is 0 Å². The van der Waals surface area contributed by atoms with Gasteiger partial charge in [-0.05, 0) is 64.3 Å². The second-order valence-corrected chi connectivity index (χ2v) is 7.92. The standard InChI is InChI=1S/C25H25BrN2O3/c1-2-7-24(29)27-20-10-6-11-21(17-20)28-25(30)19-12-13-23(22(26)16-19)31-15-14-18-8-4-3-5-9-18/h3-6,8-13,16-17H,2,7,14-15H2,1H3,(H,27,29)(H,28,30). The molecule has 0 fully saturated rings. The molecular formula is C25H25BrN2O3. The van der Waals surface area contributed by atoms with Crippen molar-refractivity contribution in [1.82, 2.24) is 0 Å². The van der Waals surface area contributed by atoms with E-state index in [1.807, 2.05) is 25.1 Å². The van der Waals surface area contributed by atoms with Gasteiger partial charge in [0, 0.05) is 29.8 Å². The lowest BCUT2D eigenvalue weighted by molar-refractivity contribution is -0.116. The van der Waals surface area contributed by atoms with Crippen LogP contribution >= 0.6 is 15.9 Å². The topological polar surface area (TPSA) is 67.4 Å². The quantitative estimate of drug-likeness (QED) is 0.390. The van der Waals surface area contributed by atoms with Crippen molar-refractivity contribution in [3.05, 3.63) is 88.4 Å². The van der Waals surface area contributed by atoms with Crippen molar-refractivity contribution in [3.63, 3.8) is 0 Å². The monoisotopic (exact) mass is 480 g/mol. The minimum absolute atomic E-state index is 0.0437. The summed E-state index contributed by atoms with van der Waals surface area (Å²) in [7, 11) is 0. The number of halogens is 1. The Morgan fingerprint density at radius 1 is 0.903 bits per heavy atom. The summed E-state index contributed by atoms with van der Waals surface area (Å²) in [6, 6.07) is 22.5. The maximum Gasteiger partial charge on any atom is 0.255 e.